The molecule has 2 aromatic rings. The van der Waals surface area contributed by atoms with Crippen molar-refractivity contribution in [1.82, 2.24) is 4.98 Å². The van der Waals surface area contributed by atoms with Gasteiger partial charge in [-0.25, -0.2) is 0 Å². The molecule has 1 aromatic carbocycles. The highest BCUT2D eigenvalue weighted by Crippen LogP contribution is 2.55. The lowest BCUT2D eigenvalue weighted by molar-refractivity contribution is 0.284. The summed E-state index contributed by atoms with van der Waals surface area (Å²) < 4.78 is 5.31. The lowest BCUT2D eigenvalue weighted by Gasteiger charge is -2.26. The third-order valence-corrected chi connectivity index (χ3v) is 7.06. The number of aromatic nitrogens is 1. The van der Waals surface area contributed by atoms with Gasteiger partial charge in [-0.3, -0.25) is 0 Å². The van der Waals surface area contributed by atoms with E-state index in [2.05, 4.69) is 23.3 Å². The quantitative estimate of drug-likeness (QED) is 0.909. The number of rotatable bonds is 4. The van der Waals surface area contributed by atoms with Crippen LogP contribution in [0.3, 0.4) is 0 Å². The lowest BCUT2D eigenvalue weighted by atomic mass is 10.1. The highest BCUT2D eigenvalue weighted by molar-refractivity contribution is 8.20. The van der Waals surface area contributed by atoms with Gasteiger partial charge in [0, 0.05) is 40.8 Å². The highest BCUT2D eigenvalue weighted by Gasteiger charge is 2.38. The second kappa shape index (κ2) is 5.31. The first-order valence-corrected chi connectivity index (χ1v) is 8.30. The molecule has 1 saturated heterocycles. The molecule has 3 nitrogen and oxygen atoms in total. The van der Waals surface area contributed by atoms with E-state index in [9.17, 15) is 5.11 Å². The Morgan fingerprint density at radius 1 is 1.37 bits per heavy atom. The van der Waals surface area contributed by atoms with Crippen molar-refractivity contribution in [3.63, 3.8) is 0 Å². The maximum absolute atomic E-state index is 9.40. The molecule has 1 aromatic heterocycles. The zero-order valence-corrected chi connectivity index (χ0v) is 12.4. The van der Waals surface area contributed by atoms with Crippen LogP contribution in [0.4, 0.5) is 0 Å². The molecule has 0 radical (unpaired) electrons. The Bertz CT molecular complexity index is 576. The Labute approximate surface area is 121 Å². The Morgan fingerprint density at radius 2 is 2.16 bits per heavy atom. The summed E-state index contributed by atoms with van der Waals surface area (Å²) in [6.45, 7) is 0.219. The third-order valence-electron chi connectivity index (χ3n) is 3.49. The van der Waals surface area contributed by atoms with Gasteiger partial charge in [0.2, 0.25) is 0 Å². The predicted molar refractivity (Wildman–Crippen MR) is 83.1 cm³/mol. The molecule has 2 heterocycles. The van der Waals surface area contributed by atoms with Gasteiger partial charge in [-0.1, -0.05) is 0 Å². The van der Waals surface area contributed by atoms with Crippen LogP contribution in [0.15, 0.2) is 24.4 Å². The van der Waals surface area contributed by atoms with Crippen molar-refractivity contribution < 1.29 is 9.84 Å². The number of aliphatic hydroxyl groups is 1. The summed E-state index contributed by atoms with van der Waals surface area (Å²) in [7, 11) is 1.69. The van der Waals surface area contributed by atoms with Crippen LogP contribution in [0.2, 0.25) is 0 Å². The van der Waals surface area contributed by atoms with Gasteiger partial charge in [0.25, 0.3) is 0 Å². The fraction of sp³-hybridized carbons (Fsp3) is 0.429. The molecule has 0 unspecified atom stereocenters. The summed E-state index contributed by atoms with van der Waals surface area (Å²) in [4.78, 5) is 3.34. The molecule has 5 heteroatoms. The molecule has 1 aliphatic rings. The van der Waals surface area contributed by atoms with Crippen LogP contribution in [-0.4, -0.2) is 35.3 Å². The number of aromatic amines is 1. The molecule has 0 bridgehead atoms. The van der Waals surface area contributed by atoms with Gasteiger partial charge >= 0.3 is 0 Å². The summed E-state index contributed by atoms with van der Waals surface area (Å²) in [6.07, 6.45) is 2.87. The Kier molecular flexibility index (Phi) is 3.69. The molecular weight excluding hydrogens is 278 g/mol. The summed E-state index contributed by atoms with van der Waals surface area (Å²) in [5.74, 6) is 3.16. The number of fused-ring (bicyclic) bond motifs is 1. The van der Waals surface area contributed by atoms with Crippen LogP contribution < -0.4 is 4.74 Å². The Balaban J connectivity index is 2.12. The number of methoxy groups -OCH3 is 1. The molecule has 0 aliphatic carbocycles. The van der Waals surface area contributed by atoms with Gasteiger partial charge in [-0.2, -0.15) is 0 Å². The van der Waals surface area contributed by atoms with E-state index in [1.807, 2.05) is 29.6 Å². The Morgan fingerprint density at radius 3 is 2.84 bits per heavy atom. The van der Waals surface area contributed by atoms with E-state index < -0.39 is 0 Å². The topological polar surface area (TPSA) is 45.2 Å². The summed E-state index contributed by atoms with van der Waals surface area (Å²) in [5, 5.41) is 10.6. The number of benzene rings is 1. The largest absolute Gasteiger partial charge is 0.497 e. The molecule has 0 amide bonds. The molecular formula is C14H17NO2S2. The van der Waals surface area contributed by atoms with Crippen molar-refractivity contribution in [2.75, 3.05) is 25.2 Å². The second-order valence-corrected chi connectivity index (χ2v) is 7.58. The van der Waals surface area contributed by atoms with Gasteiger partial charge in [0.1, 0.15) is 5.75 Å². The number of H-pyrrole nitrogens is 1. The number of thioether (sulfide) groups is 2. The van der Waals surface area contributed by atoms with Crippen molar-refractivity contribution in [3.8, 4) is 5.75 Å². The molecule has 1 fully saturated rings. The van der Waals surface area contributed by atoms with Gasteiger partial charge < -0.3 is 14.8 Å². The standard InChI is InChI=1S/C14H17NO2S2/c1-17-10-2-3-13-11(8-10)12(9-15-13)14(4-5-16)18-6-7-19-14/h2-3,8-9,15-16H,4-7H2,1H3. The van der Waals surface area contributed by atoms with Crippen LogP contribution in [0, 0.1) is 0 Å². The number of aliphatic hydroxyl groups excluding tert-OH is 1. The average molecular weight is 295 g/mol. The first-order chi connectivity index (χ1) is 9.29. The summed E-state index contributed by atoms with van der Waals surface area (Å²) in [6, 6.07) is 6.10. The second-order valence-electron chi connectivity index (χ2n) is 4.54. The third kappa shape index (κ3) is 2.24. The van der Waals surface area contributed by atoms with E-state index in [1.165, 1.54) is 10.9 Å². The monoisotopic (exact) mass is 295 g/mol. The number of nitrogens with one attached hydrogen (secondary N) is 1. The fourth-order valence-corrected chi connectivity index (χ4v) is 5.86. The van der Waals surface area contributed by atoms with E-state index >= 15 is 0 Å². The first kappa shape index (κ1) is 13.2. The van der Waals surface area contributed by atoms with E-state index in [1.54, 1.807) is 7.11 Å². The molecule has 102 valence electrons. The van der Waals surface area contributed by atoms with Crippen LogP contribution in [0.5, 0.6) is 5.75 Å². The van der Waals surface area contributed by atoms with Gasteiger partial charge in [-0.15, -0.1) is 23.5 Å². The minimum absolute atomic E-state index is 0.0145. The van der Waals surface area contributed by atoms with Crippen LogP contribution in [0.25, 0.3) is 10.9 Å². The van der Waals surface area contributed by atoms with E-state index in [4.69, 9.17) is 4.74 Å². The number of hydrogen-bond donors (Lipinski definition) is 2. The smallest absolute Gasteiger partial charge is 0.119 e. The van der Waals surface area contributed by atoms with Crippen LogP contribution in [0.1, 0.15) is 12.0 Å². The predicted octanol–water partition coefficient (Wildman–Crippen LogP) is 3.19. The van der Waals surface area contributed by atoms with E-state index in [0.29, 0.717) is 0 Å². The maximum atomic E-state index is 9.40. The molecule has 0 atom stereocenters. The normalized spacial score (nSPS) is 18.0. The van der Waals surface area contributed by atoms with Crippen molar-refractivity contribution in [2.24, 2.45) is 0 Å². The van der Waals surface area contributed by atoms with Crippen molar-refractivity contribution >= 4 is 34.4 Å². The molecule has 2 N–H and O–H groups in total. The van der Waals surface area contributed by atoms with Gasteiger partial charge in [0.05, 0.1) is 11.2 Å². The van der Waals surface area contributed by atoms with Crippen molar-refractivity contribution in [2.45, 2.75) is 10.5 Å². The molecule has 0 spiro atoms. The zero-order chi connectivity index (χ0) is 13.3. The van der Waals surface area contributed by atoms with Gasteiger partial charge in [0.15, 0.2) is 0 Å². The van der Waals surface area contributed by atoms with E-state index in [-0.39, 0.29) is 10.7 Å². The minimum atomic E-state index is -0.0145. The van der Waals surface area contributed by atoms with E-state index in [0.717, 1.165) is 29.2 Å². The molecule has 1 aliphatic heterocycles. The maximum Gasteiger partial charge on any atom is 0.119 e. The average Bonchev–Trinajstić information content (AvgIpc) is 3.05. The molecule has 0 saturated carbocycles. The Hall–Kier alpha value is -0.780. The summed E-state index contributed by atoms with van der Waals surface area (Å²) >= 11 is 3.89. The van der Waals surface area contributed by atoms with Crippen molar-refractivity contribution in [3.05, 3.63) is 30.0 Å². The lowest BCUT2D eigenvalue weighted by Crippen LogP contribution is -2.15. The summed E-state index contributed by atoms with van der Waals surface area (Å²) in [5.41, 5.74) is 2.41. The number of hydrogen-bond acceptors (Lipinski definition) is 4. The molecule has 3 rings (SSSR count). The SMILES string of the molecule is COc1ccc2[nH]cc(C3(CCO)SCCS3)c2c1. The first-order valence-electron chi connectivity index (χ1n) is 6.33. The number of ether oxygens (including phenoxy) is 1. The minimum Gasteiger partial charge on any atom is -0.497 e. The zero-order valence-electron chi connectivity index (χ0n) is 10.8. The van der Waals surface area contributed by atoms with Crippen LogP contribution >= 0.6 is 23.5 Å². The van der Waals surface area contributed by atoms with Crippen molar-refractivity contribution in [1.29, 1.82) is 0 Å². The van der Waals surface area contributed by atoms with Gasteiger partial charge in [-0.05, 0) is 24.6 Å². The van der Waals surface area contributed by atoms with Crippen LogP contribution in [-0.2, 0) is 4.08 Å². The fourth-order valence-electron chi connectivity index (χ4n) is 2.58. The highest BCUT2D eigenvalue weighted by atomic mass is 32.2. The molecule has 19 heavy (non-hydrogen) atoms.